The highest BCUT2D eigenvalue weighted by Crippen LogP contribution is 2.42. The fourth-order valence-electron chi connectivity index (χ4n) is 6.91. The molecule has 2 fully saturated rings. The molecule has 2 aliphatic heterocycles. The van der Waals surface area contributed by atoms with E-state index in [2.05, 4.69) is 16.1 Å². The molecule has 0 atom stereocenters. The number of hydrogen-bond donors (Lipinski definition) is 1. The molecule has 0 aliphatic carbocycles. The van der Waals surface area contributed by atoms with E-state index in [0.717, 1.165) is 23.0 Å². The van der Waals surface area contributed by atoms with E-state index in [4.69, 9.17) is 15.5 Å². The van der Waals surface area contributed by atoms with Gasteiger partial charge in [-0.1, -0.05) is 0 Å². The second-order valence-corrected chi connectivity index (χ2v) is 12.0. The predicted octanol–water partition coefficient (Wildman–Crippen LogP) is 5.09. The van der Waals surface area contributed by atoms with Crippen LogP contribution in [0.15, 0.2) is 48.9 Å². The summed E-state index contributed by atoms with van der Waals surface area (Å²) in [5, 5.41) is 14.0. The van der Waals surface area contributed by atoms with Gasteiger partial charge in [0.1, 0.15) is 23.5 Å². The van der Waals surface area contributed by atoms with Gasteiger partial charge in [0, 0.05) is 60.9 Å². The third-order valence-electron chi connectivity index (χ3n) is 9.11. The summed E-state index contributed by atoms with van der Waals surface area (Å²) in [6.07, 6.45) is 5.87. The molecule has 2 saturated heterocycles. The number of amides is 1. The number of fused-ring (bicyclic) bond motifs is 1. The van der Waals surface area contributed by atoms with Gasteiger partial charge in [-0.25, -0.2) is 22.7 Å². The van der Waals surface area contributed by atoms with Crippen molar-refractivity contribution in [1.82, 2.24) is 19.5 Å². The minimum Gasteiger partial charge on any atom is -0.492 e. The van der Waals surface area contributed by atoms with Crippen LogP contribution in [0.4, 0.5) is 19.0 Å². The fraction of sp³-hybridized carbons (Fsp3) is 0.394. The number of likely N-dealkylation sites (tertiary alicyclic amines) is 1. The van der Waals surface area contributed by atoms with Crippen molar-refractivity contribution in [3.63, 3.8) is 0 Å². The zero-order valence-corrected chi connectivity index (χ0v) is 25.2. The smallest absolute Gasteiger partial charge is 0.261 e. The summed E-state index contributed by atoms with van der Waals surface area (Å²) in [6, 6.07) is 10.5. The van der Waals surface area contributed by atoms with E-state index in [1.165, 1.54) is 12.3 Å². The van der Waals surface area contributed by atoms with Crippen LogP contribution in [-0.4, -0.2) is 70.7 Å². The van der Waals surface area contributed by atoms with Crippen LogP contribution in [0.25, 0.3) is 16.6 Å². The predicted molar refractivity (Wildman–Crippen MR) is 163 cm³/mol. The number of piperidine rings is 1. The van der Waals surface area contributed by atoms with Crippen LogP contribution >= 0.6 is 0 Å². The second-order valence-electron chi connectivity index (χ2n) is 12.0. The summed E-state index contributed by atoms with van der Waals surface area (Å²) in [5.74, 6) is -2.70. The molecule has 12 heteroatoms. The van der Waals surface area contributed by atoms with Crippen molar-refractivity contribution < 1.29 is 22.7 Å². The van der Waals surface area contributed by atoms with Crippen LogP contribution in [-0.2, 0) is 5.41 Å². The van der Waals surface area contributed by atoms with E-state index in [0.29, 0.717) is 67.0 Å². The molecule has 2 N–H and O–H groups in total. The summed E-state index contributed by atoms with van der Waals surface area (Å²) < 4.78 is 50.6. The topological polar surface area (TPSA) is 113 Å². The van der Waals surface area contributed by atoms with Crippen molar-refractivity contribution in [2.75, 3.05) is 44.2 Å². The van der Waals surface area contributed by atoms with Crippen LogP contribution in [0.1, 0.15) is 53.2 Å². The number of ether oxygens (including phenoxy) is 1. The Hall–Kier alpha value is -4.63. The quantitative estimate of drug-likeness (QED) is 0.293. The molecule has 234 valence electrons. The Balaban J connectivity index is 1.29. The van der Waals surface area contributed by atoms with Crippen LogP contribution in [0.2, 0.25) is 0 Å². The summed E-state index contributed by atoms with van der Waals surface area (Å²) in [5.41, 5.74) is 8.91. The number of nitrogens with zero attached hydrogens (tertiary/aromatic N) is 6. The number of aromatic nitrogens is 3. The molecule has 2 aliphatic rings. The molecule has 0 saturated carbocycles. The maximum atomic E-state index is 14.8. The van der Waals surface area contributed by atoms with E-state index < -0.39 is 23.1 Å². The molecule has 3 aromatic heterocycles. The zero-order valence-electron chi connectivity index (χ0n) is 25.2. The lowest BCUT2D eigenvalue weighted by Crippen LogP contribution is -2.49. The molecule has 0 unspecified atom stereocenters. The Bertz CT molecular complexity index is 1790. The Morgan fingerprint density at radius 1 is 1.13 bits per heavy atom. The number of benzene rings is 1. The molecule has 4 aromatic rings. The number of halogens is 3. The van der Waals surface area contributed by atoms with Crippen LogP contribution in [0, 0.1) is 24.1 Å². The number of rotatable bonds is 8. The first-order chi connectivity index (χ1) is 21.5. The number of pyridine rings is 2. The first-order valence-corrected chi connectivity index (χ1v) is 15.0. The maximum absolute atomic E-state index is 14.8. The highest BCUT2D eigenvalue weighted by atomic mass is 19.3. The standard InChI is InChI=1S/C33H34F3N7O2/c1-3-45-25-14-27(30-23(15-37)17-40-43(30)18-25)22-4-5-29(39-16-22)42-10-6-32(7-11-42,19-41-9-8-33(35,36)20-41)28-13-24(34)12-26(21(28)2)31(38)44/h4-5,12-14,16-18H,3,6-11,19-20H2,1-2H3,(H2,38,44). The summed E-state index contributed by atoms with van der Waals surface area (Å²) >= 11 is 0. The summed E-state index contributed by atoms with van der Waals surface area (Å²) in [4.78, 5) is 20.8. The number of alkyl halides is 2. The molecule has 9 nitrogen and oxygen atoms in total. The van der Waals surface area contributed by atoms with Gasteiger partial charge >= 0.3 is 0 Å². The van der Waals surface area contributed by atoms with E-state index in [1.807, 2.05) is 25.1 Å². The van der Waals surface area contributed by atoms with Crippen LogP contribution in [0.5, 0.6) is 5.75 Å². The minimum absolute atomic E-state index is 0.107. The monoisotopic (exact) mass is 617 g/mol. The molecule has 1 amide bonds. The molecule has 6 rings (SSSR count). The minimum atomic E-state index is -2.76. The average Bonchev–Trinajstić information content (AvgIpc) is 3.59. The molecular weight excluding hydrogens is 583 g/mol. The highest BCUT2D eigenvalue weighted by molar-refractivity contribution is 5.94. The number of nitriles is 1. The van der Waals surface area contributed by atoms with E-state index in [9.17, 15) is 23.2 Å². The molecular formula is C33H34F3N7O2. The number of anilines is 1. The number of nitrogens with two attached hydrogens (primary N) is 1. The van der Waals surface area contributed by atoms with E-state index in [1.54, 1.807) is 28.7 Å². The van der Waals surface area contributed by atoms with Gasteiger partial charge in [-0.2, -0.15) is 10.4 Å². The highest BCUT2D eigenvalue weighted by Gasteiger charge is 2.45. The molecule has 0 bridgehead atoms. The van der Waals surface area contributed by atoms with Gasteiger partial charge in [0.05, 0.1) is 36.6 Å². The maximum Gasteiger partial charge on any atom is 0.261 e. The molecule has 45 heavy (non-hydrogen) atoms. The fourth-order valence-corrected chi connectivity index (χ4v) is 6.91. The summed E-state index contributed by atoms with van der Waals surface area (Å²) in [7, 11) is 0. The van der Waals surface area contributed by atoms with Crippen molar-refractivity contribution in [3.05, 3.63) is 77.0 Å². The number of carbonyl (C=O) groups excluding carboxylic acids is 1. The van der Waals surface area contributed by atoms with Crippen LogP contribution in [0.3, 0.4) is 0 Å². The molecule has 0 spiro atoms. The van der Waals surface area contributed by atoms with Crippen molar-refractivity contribution in [2.24, 2.45) is 5.73 Å². The normalized spacial score (nSPS) is 17.8. The molecule has 0 radical (unpaired) electrons. The Kier molecular flexibility index (Phi) is 7.91. The van der Waals surface area contributed by atoms with E-state index in [-0.39, 0.29) is 25.1 Å². The van der Waals surface area contributed by atoms with Crippen molar-refractivity contribution in [2.45, 2.75) is 44.4 Å². The lowest BCUT2D eigenvalue weighted by molar-refractivity contribution is 0.00945. The SMILES string of the molecule is CCOc1cc(-c2ccc(N3CCC(CN4CCC(F)(F)C4)(c4cc(F)cc(C(N)=O)c4C)CC3)nc2)c2c(C#N)cnn2c1. The molecule has 1 aromatic carbocycles. The zero-order chi connectivity index (χ0) is 31.9. The third kappa shape index (κ3) is 5.80. The van der Waals surface area contributed by atoms with Crippen molar-refractivity contribution in [3.8, 4) is 22.9 Å². The van der Waals surface area contributed by atoms with Gasteiger partial charge < -0.3 is 15.4 Å². The average molecular weight is 618 g/mol. The lowest BCUT2D eigenvalue weighted by Gasteiger charge is -2.45. The van der Waals surface area contributed by atoms with Crippen molar-refractivity contribution >= 4 is 17.2 Å². The van der Waals surface area contributed by atoms with Crippen LogP contribution < -0.4 is 15.4 Å². The van der Waals surface area contributed by atoms with E-state index >= 15 is 0 Å². The van der Waals surface area contributed by atoms with Gasteiger partial charge in [0.2, 0.25) is 5.91 Å². The number of carbonyl (C=O) groups is 1. The Morgan fingerprint density at radius 2 is 1.91 bits per heavy atom. The number of hydrogen-bond acceptors (Lipinski definition) is 7. The second kappa shape index (κ2) is 11.7. The third-order valence-corrected chi connectivity index (χ3v) is 9.11. The van der Waals surface area contributed by atoms with Gasteiger partial charge in [-0.15, -0.1) is 0 Å². The first kappa shape index (κ1) is 30.4. The molecule has 5 heterocycles. The van der Waals surface area contributed by atoms with Gasteiger partial charge in [-0.05, 0) is 68.1 Å². The van der Waals surface area contributed by atoms with Gasteiger partial charge in [-0.3, -0.25) is 9.69 Å². The van der Waals surface area contributed by atoms with Crippen molar-refractivity contribution in [1.29, 1.82) is 5.26 Å². The number of primary amides is 1. The first-order valence-electron chi connectivity index (χ1n) is 15.0. The Labute approximate surface area is 259 Å². The summed E-state index contributed by atoms with van der Waals surface area (Å²) in [6.45, 7) is 5.44. The Morgan fingerprint density at radius 3 is 2.53 bits per heavy atom. The van der Waals surface area contributed by atoms with Gasteiger partial charge in [0.15, 0.2) is 0 Å². The van der Waals surface area contributed by atoms with Gasteiger partial charge in [0.25, 0.3) is 5.92 Å². The lowest BCUT2D eigenvalue weighted by atomic mass is 9.70. The largest absolute Gasteiger partial charge is 0.492 e.